The zero-order valence-corrected chi connectivity index (χ0v) is 14.9. The zero-order chi connectivity index (χ0) is 17.6. The first-order valence-electron chi connectivity index (χ1n) is 9.69. The molecule has 2 aromatic rings. The van der Waals surface area contributed by atoms with Gasteiger partial charge in [-0.25, -0.2) is 0 Å². The third-order valence-corrected chi connectivity index (χ3v) is 6.50. The maximum absolute atomic E-state index is 13.1. The first-order chi connectivity index (χ1) is 12.8. The lowest BCUT2D eigenvalue weighted by atomic mass is 9.64. The molecule has 1 N–H and O–H groups in total. The van der Waals surface area contributed by atoms with Crippen molar-refractivity contribution in [1.29, 1.82) is 0 Å². The van der Waals surface area contributed by atoms with Crippen molar-refractivity contribution in [3.05, 3.63) is 54.4 Å². The number of rotatable bonds is 6. The van der Waals surface area contributed by atoms with E-state index in [1.165, 1.54) is 5.56 Å². The molecule has 1 aromatic carbocycles. The van der Waals surface area contributed by atoms with E-state index < -0.39 is 0 Å². The minimum atomic E-state index is -0.256. The Morgan fingerprint density at radius 1 is 1.27 bits per heavy atom. The molecule has 136 valence electrons. The summed E-state index contributed by atoms with van der Waals surface area (Å²) in [6.45, 7) is 1.51. The van der Waals surface area contributed by atoms with Crippen LogP contribution in [0.3, 0.4) is 0 Å². The molecule has 2 aliphatic carbocycles. The van der Waals surface area contributed by atoms with E-state index in [2.05, 4.69) is 34.7 Å². The number of aromatic nitrogens is 2. The maximum atomic E-state index is 13.1. The Hall–Kier alpha value is -2.14. The second kappa shape index (κ2) is 6.23. The highest BCUT2D eigenvalue weighted by atomic mass is 16.5. The van der Waals surface area contributed by atoms with Crippen LogP contribution in [-0.4, -0.2) is 34.4 Å². The van der Waals surface area contributed by atoms with Crippen molar-refractivity contribution < 1.29 is 9.53 Å². The molecule has 2 heterocycles. The molecule has 1 aliphatic heterocycles. The molecular weight excluding hydrogens is 326 g/mol. The number of ether oxygens (including phenoxy) is 1. The van der Waals surface area contributed by atoms with Gasteiger partial charge in [0.15, 0.2) is 0 Å². The van der Waals surface area contributed by atoms with Crippen LogP contribution in [0.1, 0.15) is 24.8 Å². The van der Waals surface area contributed by atoms with Crippen molar-refractivity contribution >= 4 is 5.91 Å². The fourth-order valence-electron chi connectivity index (χ4n) is 4.79. The highest BCUT2D eigenvalue weighted by Crippen LogP contribution is 2.50. The van der Waals surface area contributed by atoms with Crippen LogP contribution in [0.15, 0.2) is 48.8 Å². The number of nitrogens with one attached hydrogen (secondary N) is 1. The van der Waals surface area contributed by atoms with Crippen molar-refractivity contribution in [3.63, 3.8) is 0 Å². The number of fused-ring (bicyclic) bond motifs is 1. The number of amides is 1. The Balaban J connectivity index is 1.28. The molecule has 0 bridgehead atoms. The molecule has 4 atom stereocenters. The van der Waals surface area contributed by atoms with Gasteiger partial charge in [-0.2, -0.15) is 5.10 Å². The van der Waals surface area contributed by atoms with Crippen LogP contribution in [0.4, 0.5) is 0 Å². The smallest absolute Gasteiger partial charge is 0.228 e. The summed E-state index contributed by atoms with van der Waals surface area (Å²) in [5.41, 5.74) is 1.07. The molecule has 0 spiro atoms. The number of benzene rings is 1. The number of hydrogen-bond acceptors (Lipinski definition) is 3. The van der Waals surface area contributed by atoms with Crippen molar-refractivity contribution in [2.24, 2.45) is 17.3 Å². The molecule has 1 aromatic heterocycles. The van der Waals surface area contributed by atoms with E-state index in [1.54, 1.807) is 6.20 Å². The van der Waals surface area contributed by atoms with Gasteiger partial charge in [-0.05, 0) is 37.3 Å². The summed E-state index contributed by atoms with van der Waals surface area (Å²) in [6.07, 6.45) is 7.97. The van der Waals surface area contributed by atoms with E-state index >= 15 is 0 Å². The highest BCUT2D eigenvalue weighted by molar-refractivity contribution is 5.85. The monoisotopic (exact) mass is 351 g/mol. The Morgan fingerprint density at radius 3 is 2.85 bits per heavy atom. The van der Waals surface area contributed by atoms with Crippen LogP contribution in [0.25, 0.3) is 0 Å². The summed E-state index contributed by atoms with van der Waals surface area (Å²) in [4.78, 5) is 13.1. The molecule has 1 saturated heterocycles. The molecule has 26 heavy (non-hydrogen) atoms. The van der Waals surface area contributed by atoms with E-state index in [-0.39, 0.29) is 17.4 Å². The lowest BCUT2D eigenvalue weighted by Crippen LogP contribution is -2.63. The summed E-state index contributed by atoms with van der Waals surface area (Å²) in [5.74, 6) is 1.07. The Labute approximate surface area is 153 Å². The van der Waals surface area contributed by atoms with E-state index in [4.69, 9.17) is 4.74 Å². The highest BCUT2D eigenvalue weighted by Gasteiger charge is 2.57. The van der Waals surface area contributed by atoms with Crippen LogP contribution < -0.4 is 5.32 Å². The minimum Gasteiger partial charge on any atom is -0.377 e. The van der Waals surface area contributed by atoms with E-state index in [1.807, 2.05) is 23.0 Å². The standard InChI is InChI=1S/C21H25N3O2/c25-20(21(8-9-21)14-24-11-4-10-22-24)23-18-16-7-12-26-19(16)17(18)13-15-5-2-1-3-6-15/h1-6,10-11,16-19H,7-9,12-14H2,(H,23,25)/t16-,17+,18-,19-/m0/s1. The maximum Gasteiger partial charge on any atom is 0.228 e. The van der Waals surface area contributed by atoms with Gasteiger partial charge in [-0.3, -0.25) is 9.48 Å². The number of hydrogen-bond donors (Lipinski definition) is 1. The quantitative estimate of drug-likeness (QED) is 0.870. The average Bonchev–Trinajstić information content (AvgIpc) is 3.06. The van der Waals surface area contributed by atoms with Gasteiger partial charge >= 0.3 is 0 Å². The normalized spacial score (nSPS) is 31.1. The molecule has 0 radical (unpaired) electrons. The summed E-state index contributed by atoms with van der Waals surface area (Å²) in [7, 11) is 0. The van der Waals surface area contributed by atoms with Crippen LogP contribution in [0.2, 0.25) is 0 Å². The zero-order valence-electron chi connectivity index (χ0n) is 14.9. The van der Waals surface area contributed by atoms with Crippen LogP contribution in [0, 0.1) is 17.3 Å². The molecule has 3 aliphatic rings. The van der Waals surface area contributed by atoms with E-state index in [0.29, 0.717) is 24.5 Å². The van der Waals surface area contributed by atoms with E-state index in [9.17, 15) is 4.79 Å². The topological polar surface area (TPSA) is 56.1 Å². The molecule has 3 fully saturated rings. The van der Waals surface area contributed by atoms with Crippen molar-refractivity contribution in [2.75, 3.05) is 6.61 Å². The van der Waals surface area contributed by atoms with Crippen LogP contribution >= 0.6 is 0 Å². The molecule has 5 heteroatoms. The largest absolute Gasteiger partial charge is 0.377 e. The fraction of sp³-hybridized carbons (Fsp3) is 0.524. The molecule has 2 saturated carbocycles. The number of carbonyl (C=O) groups excluding carboxylic acids is 1. The third kappa shape index (κ3) is 2.75. The van der Waals surface area contributed by atoms with Gasteiger partial charge in [-0.15, -0.1) is 0 Å². The Bertz CT molecular complexity index is 770. The lowest BCUT2D eigenvalue weighted by molar-refractivity contribution is -0.133. The summed E-state index contributed by atoms with van der Waals surface area (Å²) in [6, 6.07) is 12.7. The SMILES string of the molecule is O=C(N[C@@H]1[C@@H](Cc2ccccc2)[C@H]2OCC[C@@H]12)C1(Cn2cccn2)CC1. The summed E-state index contributed by atoms with van der Waals surface area (Å²) in [5, 5.41) is 7.69. The minimum absolute atomic E-state index is 0.210. The first-order valence-corrected chi connectivity index (χ1v) is 9.69. The van der Waals surface area contributed by atoms with Gasteiger partial charge < -0.3 is 10.1 Å². The van der Waals surface area contributed by atoms with Crippen molar-refractivity contribution in [2.45, 2.75) is 44.4 Å². The van der Waals surface area contributed by atoms with Crippen LogP contribution in [-0.2, 0) is 22.5 Å². The van der Waals surface area contributed by atoms with Gasteiger partial charge in [-0.1, -0.05) is 30.3 Å². The third-order valence-electron chi connectivity index (χ3n) is 6.50. The van der Waals surface area contributed by atoms with Gasteiger partial charge in [0.25, 0.3) is 0 Å². The van der Waals surface area contributed by atoms with Gasteiger partial charge in [0, 0.05) is 36.9 Å². The number of nitrogens with zero attached hydrogens (tertiary/aromatic N) is 2. The molecule has 5 rings (SSSR count). The Kier molecular flexibility index (Phi) is 3.85. The fourth-order valence-corrected chi connectivity index (χ4v) is 4.79. The molecule has 0 unspecified atom stereocenters. The second-order valence-electron chi connectivity index (χ2n) is 8.12. The Morgan fingerprint density at radius 2 is 2.12 bits per heavy atom. The summed E-state index contributed by atoms with van der Waals surface area (Å²) >= 11 is 0. The van der Waals surface area contributed by atoms with Crippen LogP contribution in [0.5, 0.6) is 0 Å². The summed E-state index contributed by atoms with van der Waals surface area (Å²) < 4.78 is 7.85. The predicted molar refractivity (Wildman–Crippen MR) is 97.3 cm³/mol. The number of carbonyl (C=O) groups is 1. The molecular formula is C21H25N3O2. The van der Waals surface area contributed by atoms with Crippen molar-refractivity contribution in [1.82, 2.24) is 15.1 Å². The van der Waals surface area contributed by atoms with Gasteiger partial charge in [0.1, 0.15) is 0 Å². The van der Waals surface area contributed by atoms with Gasteiger partial charge in [0.05, 0.1) is 18.1 Å². The first kappa shape index (κ1) is 16.1. The van der Waals surface area contributed by atoms with Gasteiger partial charge in [0.2, 0.25) is 5.91 Å². The molecule has 1 amide bonds. The average molecular weight is 351 g/mol. The van der Waals surface area contributed by atoms with Crippen molar-refractivity contribution in [3.8, 4) is 0 Å². The van der Waals surface area contributed by atoms with E-state index in [0.717, 1.165) is 32.3 Å². The second-order valence-corrected chi connectivity index (χ2v) is 8.12. The lowest BCUT2D eigenvalue weighted by Gasteiger charge is -2.48. The molecule has 5 nitrogen and oxygen atoms in total. The predicted octanol–water partition coefficient (Wildman–Crippen LogP) is 2.43.